The Morgan fingerprint density at radius 2 is 2.24 bits per heavy atom. The number of esters is 1. The summed E-state index contributed by atoms with van der Waals surface area (Å²) in [6.45, 7) is 7.75. The minimum Gasteiger partial charge on any atom is -0.462 e. The molecule has 0 radical (unpaired) electrons. The molecule has 2 rings (SSSR count). The highest BCUT2D eigenvalue weighted by Crippen LogP contribution is 2.57. The molecule has 1 aliphatic carbocycles. The third kappa shape index (κ3) is 2.82. The monoisotopic (exact) mass is 240 g/mol. The fraction of sp³-hybridized carbons (Fsp3) is 0.929. The summed E-state index contributed by atoms with van der Waals surface area (Å²) in [5, 5.41) is 0. The summed E-state index contributed by atoms with van der Waals surface area (Å²) in [7, 11) is 0. The van der Waals surface area contributed by atoms with Crippen molar-refractivity contribution in [2.24, 2.45) is 17.3 Å². The summed E-state index contributed by atoms with van der Waals surface area (Å²) in [5.41, 5.74) is -0.174. The Bertz CT molecular complexity index is 281. The van der Waals surface area contributed by atoms with Gasteiger partial charge in [0, 0.05) is 6.61 Å². The lowest BCUT2D eigenvalue weighted by molar-refractivity contribution is -0.154. The van der Waals surface area contributed by atoms with Crippen LogP contribution in [-0.2, 0) is 14.3 Å². The Kier molecular flexibility index (Phi) is 3.76. The smallest absolute Gasteiger partial charge is 0.312 e. The second kappa shape index (κ2) is 4.97. The first-order valence-corrected chi connectivity index (χ1v) is 6.83. The molecule has 1 heterocycles. The van der Waals surface area contributed by atoms with Gasteiger partial charge in [0.2, 0.25) is 0 Å². The standard InChI is InChI=1S/C14H24O3/c1-10(2)7-14(8-11(14)3)13(15)17-9-12-5-4-6-16-12/h10-12H,4-9H2,1-3H3. The lowest BCUT2D eigenvalue weighted by Gasteiger charge is -2.19. The SMILES string of the molecule is CC(C)CC1(C(=O)OCC2CCCO2)CC1C. The zero-order valence-corrected chi connectivity index (χ0v) is 11.2. The fourth-order valence-electron chi connectivity index (χ4n) is 2.96. The van der Waals surface area contributed by atoms with E-state index >= 15 is 0 Å². The Morgan fingerprint density at radius 1 is 1.53 bits per heavy atom. The summed E-state index contributed by atoms with van der Waals surface area (Å²) >= 11 is 0. The number of carbonyl (C=O) groups is 1. The van der Waals surface area contributed by atoms with E-state index in [2.05, 4.69) is 20.8 Å². The second-order valence-electron chi connectivity index (χ2n) is 6.09. The number of rotatable bonds is 5. The molecule has 1 aliphatic heterocycles. The first-order chi connectivity index (χ1) is 8.04. The predicted molar refractivity (Wildman–Crippen MR) is 65.6 cm³/mol. The van der Waals surface area contributed by atoms with Gasteiger partial charge in [-0.25, -0.2) is 0 Å². The van der Waals surface area contributed by atoms with Crippen LogP contribution in [0.15, 0.2) is 0 Å². The number of hydrogen-bond acceptors (Lipinski definition) is 3. The molecule has 3 atom stereocenters. The molecule has 3 unspecified atom stereocenters. The fourth-order valence-corrected chi connectivity index (χ4v) is 2.96. The summed E-state index contributed by atoms with van der Waals surface area (Å²) in [6, 6.07) is 0. The van der Waals surface area contributed by atoms with E-state index < -0.39 is 0 Å². The summed E-state index contributed by atoms with van der Waals surface area (Å²) in [4.78, 5) is 12.2. The van der Waals surface area contributed by atoms with Crippen LogP contribution in [0, 0.1) is 17.3 Å². The average Bonchev–Trinajstić information content (AvgIpc) is 2.73. The van der Waals surface area contributed by atoms with Crippen molar-refractivity contribution in [2.45, 2.75) is 52.6 Å². The van der Waals surface area contributed by atoms with Gasteiger partial charge in [-0.3, -0.25) is 4.79 Å². The van der Waals surface area contributed by atoms with Gasteiger partial charge in [-0.15, -0.1) is 0 Å². The summed E-state index contributed by atoms with van der Waals surface area (Å²) < 4.78 is 10.9. The molecule has 17 heavy (non-hydrogen) atoms. The Hall–Kier alpha value is -0.570. The molecular formula is C14H24O3. The van der Waals surface area contributed by atoms with Crippen molar-refractivity contribution in [2.75, 3.05) is 13.2 Å². The first kappa shape index (κ1) is 12.9. The van der Waals surface area contributed by atoms with Crippen LogP contribution in [0.25, 0.3) is 0 Å². The van der Waals surface area contributed by atoms with Crippen LogP contribution in [0.5, 0.6) is 0 Å². The molecule has 3 nitrogen and oxygen atoms in total. The number of carbonyl (C=O) groups excluding carboxylic acids is 1. The van der Waals surface area contributed by atoms with Crippen LogP contribution < -0.4 is 0 Å². The predicted octanol–water partition coefficient (Wildman–Crippen LogP) is 2.78. The van der Waals surface area contributed by atoms with Crippen LogP contribution in [-0.4, -0.2) is 25.3 Å². The van der Waals surface area contributed by atoms with Gasteiger partial charge in [0.1, 0.15) is 6.61 Å². The molecule has 2 aliphatic rings. The lowest BCUT2D eigenvalue weighted by atomic mass is 9.92. The molecule has 1 saturated heterocycles. The van der Waals surface area contributed by atoms with E-state index in [-0.39, 0.29) is 17.5 Å². The maximum atomic E-state index is 12.2. The van der Waals surface area contributed by atoms with Gasteiger partial charge in [0.15, 0.2) is 0 Å². The van der Waals surface area contributed by atoms with Crippen molar-refractivity contribution in [1.82, 2.24) is 0 Å². The molecule has 98 valence electrons. The van der Waals surface area contributed by atoms with Gasteiger partial charge < -0.3 is 9.47 Å². The highest BCUT2D eigenvalue weighted by atomic mass is 16.6. The van der Waals surface area contributed by atoms with Crippen molar-refractivity contribution in [3.05, 3.63) is 0 Å². The van der Waals surface area contributed by atoms with Gasteiger partial charge in [-0.2, -0.15) is 0 Å². The Balaban J connectivity index is 1.81. The second-order valence-corrected chi connectivity index (χ2v) is 6.09. The third-order valence-corrected chi connectivity index (χ3v) is 4.06. The first-order valence-electron chi connectivity index (χ1n) is 6.83. The zero-order valence-electron chi connectivity index (χ0n) is 11.2. The van der Waals surface area contributed by atoms with Crippen LogP contribution in [0.3, 0.4) is 0 Å². The minimum absolute atomic E-state index is 0.00852. The van der Waals surface area contributed by atoms with Crippen molar-refractivity contribution < 1.29 is 14.3 Å². The number of hydrogen-bond donors (Lipinski definition) is 0. The van der Waals surface area contributed by atoms with Gasteiger partial charge in [-0.1, -0.05) is 20.8 Å². The van der Waals surface area contributed by atoms with Gasteiger partial charge in [-0.05, 0) is 37.5 Å². The molecule has 1 saturated carbocycles. The van der Waals surface area contributed by atoms with E-state index in [9.17, 15) is 4.79 Å². The van der Waals surface area contributed by atoms with E-state index in [0.717, 1.165) is 32.3 Å². The molecule has 3 heteroatoms. The molecule has 0 aromatic carbocycles. The van der Waals surface area contributed by atoms with Crippen LogP contribution in [0.1, 0.15) is 46.5 Å². The molecule has 0 spiro atoms. The minimum atomic E-state index is -0.174. The van der Waals surface area contributed by atoms with Crippen molar-refractivity contribution >= 4 is 5.97 Å². The van der Waals surface area contributed by atoms with Gasteiger partial charge in [0.25, 0.3) is 0 Å². The third-order valence-electron chi connectivity index (χ3n) is 4.06. The van der Waals surface area contributed by atoms with Gasteiger partial charge in [0.05, 0.1) is 11.5 Å². The maximum Gasteiger partial charge on any atom is 0.312 e. The molecule has 0 N–H and O–H groups in total. The van der Waals surface area contributed by atoms with Crippen LogP contribution in [0.4, 0.5) is 0 Å². The molecular weight excluding hydrogens is 216 g/mol. The quantitative estimate of drug-likeness (QED) is 0.693. The largest absolute Gasteiger partial charge is 0.462 e. The Morgan fingerprint density at radius 3 is 2.71 bits per heavy atom. The molecule has 0 aromatic rings. The normalized spacial score (nSPS) is 36.2. The van der Waals surface area contributed by atoms with Crippen molar-refractivity contribution in [3.8, 4) is 0 Å². The zero-order chi connectivity index (χ0) is 12.5. The van der Waals surface area contributed by atoms with E-state index in [4.69, 9.17) is 9.47 Å². The topological polar surface area (TPSA) is 35.5 Å². The van der Waals surface area contributed by atoms with E-state index in [1.807, 2.05) is 0 Å². The van der Waals surface area contributed by atoms with Gasteiger partial charge >= 0.3 is 5.97 Å². The average molecular weight is 240 g/mol. The summed E-state index contributed by atoms with van der Waals surface area (Å²) in [6.07, 6.45) is 4.22. The van der Waals surface area contributed by atoms with E-state index in [1.54, 1.807) is 0 Å². The van der Waals surface area contributed by atoms with E-state index in [1.165, 1.54) is 0 Å². The summed E-state index contributed by atoms with van der Waals surface area (Å²) in [5.74, 6) is 1.05. The molecule has 0 aromatic heterocycles. The van der Waals surface area contributed by atoms with Crippen LogP contribution >= 0.6 is 0 Å². The molecule has 2 fully saturated rings. The molecule has 0 bridgehead atoms. The van der Waals surface area contributed by atoms with E-state index in [0.29, 0.717) is 18.4 Å². The van der Waals surface area contributed by atoms with Crippen LogP contribution in [0.2, 0.25) is 0 Å². The highest BCUT2D eigenvalue weighted by molar-refractivity contribution is 5.80. The highest BCUT2D eigenvalue weighted by Gasteiger charge is 2.58. The lowest BCUT2D eigenvalue weighted by Crippen LogP contribution is -2.26. The molecule has 0 amide bonds. The Labute approximate surface area is 104 Å². The van der Waals surface area contributed by atoms with Crippen molar-refractivity contribution in [1.29, 1.82) is 0 Å². The van der Waals surface area contributed by atoms with Crippen molar-refractivity contribution in [3.63, 3.8) is 0 Å². The number of ether oxygens (including phenoxy) is 2. The maximum absolute atomic E-state index is 12.2.